The van der Waals surface area contributed by atoms with Gasteiger partial charge in [0.1, 0.15) is 13.2 Å². The van der Waals surface area contributed by atoms with E-state index in [-0.39, 0.29) is 12.1 Å². The lowest BCUT2D eigenvalue weighted by Crippen LogP contribution is -2.38. The van der Waals surface area contributed by atoms with Gasteiger partial charge in [0.15, 0.2) is 11.5 Å². The Kier molecular flexibility index (Phi) is 5.64. The zero-order valence-corrected chi connectivity index (χ0v) is 12.2. The van der Waals surface area contributed by atoms with E-state index in [1.54, 1.807) is 0 Å². The molecule has 0 aliphatic carbocycles. The Bertz CT molecular complexity index is 420. The van der Waals surface area contributed by atoms with Crippen molar-refractivity contribution in [1.82, 2.24) is 5.43 Å². The Morgan fingerprint density at radius 2 is 2.00 bits per heavy atom. The number of hydrogen-bond donors (Lipinski definition) is 2. The van der Waals surface area contributed by atoms with Crippen LogP contribution in [0.4, 0.5) is 0 Å². The fraction of sp³-hybridized carbons (Fsp3) is 0.600. The molecule has 1 aliphatic rings. The van der Waals surface area contributed by atoms with Gasteiger partial charge in [-0.3, -0.25) is 11.3 Å². The summed E-state index contributed by atoms with van der Waals surface area (Å²) in [6.45, 7) is 6.00. The van der Waals surface area contributed by atoms with Gasteiger partial charge in [-0.05, 0) is 31.0 Å². The number of hydrogen-bond acceptors (Lipinski definition) is 5. The summed E-state index contributed by atoms with van der Waals surface area (Å²) in [6, 6.07) is 5.88. The van der Waals surface area contributed by atoms with Crippen molar-refractivity contribution >= 4 is 0 Å². The van der Waals surface area contributed by atoms with Gasteiger partial charge in [-0.2, -0.15) is 0 Å². The standard InChI is InChI=1S/C15H24N2O3/c1-3-5-13(18-4-2)15(17-16)11-6-7-12-14(10-11)20-9-8-19-12/h6-7,10,13,15,17H,3-5,8-9,16H2,1-2H3. The number of ether oxygens (including phenoxy) is 3. The molecule has 0 saturated carbocycles. The van der Waals surface area contributed by atoms with Gasteiger partial charge in [-0.25, -0.2) is 0 Å². The highest BCUT2D eigenvalue weighted by molar-refractivity contribution is 5.44. The number of benzene rings is 1. The van der Waals surface area contributed by atoms with Gasteiger partial charge < -0.3 is 14.2 Å². The summed E-state index contributed by atoms with van der Waals surface area (Å²) in [5.41, 5.74) is 3.93. The Balaban J connectivity index is 2.21. The van der Waals surface area contributed by atoms with Gasteiger partial charge in [-0.15, -0.1) is 0 Å². The summed E-state index contributed by atoms with van der Waals surface area (Å²) in [6.07, 6.45) is 2.06. The monoisotopic (exact) mass is 280 g/mol. The van der Waals surface area contributed by atoms with Crippen molar-refractivity contribution in [2.75, 3.05) is 19.8 Å². The first-order chi connectivity index (χ1) is 9.80. The van der Waals surface area contributed by atoms with Crippen LogP contribution in [-0.4, -0.2) is 25.9 Å². The third-order valence-electron chi connectivity index (χ3n) is 3.43. The lowest BCUT2D eigenvalue weighted by Gasteiger charge is -2.28. The van der Waals surface area contributed by atoms with Crippen LogP contribution in [0, 0.1) is 0 Å². The van der Waals surface area contributed by atoms with Gasteiger partial charge in [0.25, 0.3) is 0 Å². The van der Waals surface area contributed by atoms with Crippen molar-refractivity contribution in [3.05, 3.63) is 23.8 Å². The molecule has 3 N–H and O–H groups in total. The minimum atomic E-state index is -0.0503. The average molecular weight is 280 g/mol. The van der Waals surface area contributed by atoms with E-state index in [1.807, 2.05) is 25.1 Å². The highest BCUT2D eigenvalue weighted by Gasteiger charge is 2.24. The lowest BCUT2D eigenvalue weighted by molar-refractivity contribution is 0.0274. The number of rotatable bonds is 7. The number of hydrazine groups is 1. The van der Waals surface area contributed by atoms with E-state index in [1.165, 1.54) is 0 Å². The van der Waals surface area contributed by atoms with E-state index in [0.717, 1.165) is 29.9 Å². The van der Waals surface area contributed by atoms with Gasteiger partial charge >= 0.3 is 0 Å². The van der Waals surface area contributed by atoms with E-state index in [0.29, 0.717) is 19.8 Å². The molecule has 20 heavy (non-hydrogen) atoms. The van der Waals surface area contributed by atoms with Crippen molar-refractivity contribution in [2.45, 2.75) is 38.8 Å². The quantitative estimate of drug-likeness (QED) is 0.592. The number of nitrogens with two attached hydrogens (primary N) is 1. The second kappa shape index (κ2) is 7.47. The van der Waals surface area contributed by atoms with Crippen LogP contribution in [0.15, 0.2) is 18.2 Å². The van der Waals surface area contributed by atoms with Crippen LogP contribution < -0.4 is 20.7 Å². The predicted octanol–water partition coefficient (Wildman–Crippen LogP) is 2.17. The summed E-state index contributed by atoms with van der Waals surface area (Å²) in [4.78, 5) is 0. The van der Waals surface area contributed by atoms with E-state index in [9.17, 15) is 0 Å². The van der Waals surface area contributed by atoms with E-state index in [4.69, 9.17) is 20.1 Å². The molecule has 2 unspecified atom stereocenters. The summed E-state index contributed by atoms with van der Waals surface area (Å²) >= 11 is 0. The summed E-state index contributed by atoms with van der Waals surface area (Å²) < 4.78 is 17.0. The van der Waals surface area contributed by atoms with Crippen molar-refractivity contribution < 1.29 is 14.2 Å². The van der Waals surface area contributed by atoms with Crippen molar-refractivity contribution in [3.8, 4) is 11.5 Å². The molecule has 0 spiro atoms. The molecule has 0 saturated heterocycles. The minimum Gasteiger partial charge on any atom is -0.486 e. The van der Waals surface area contributed by atoms with Crippen molar-refractivity contribution in [1.29, 1.82) is 0 Å². The second-order valence-corrected chi connectivity index (χ2v) is 4.83. The molecule has 2 rings (SSSR count). The maximum absolute atomic E-state index is 5.82. The highest BCUT2D eigenvalue weighted by Crippen LogP contribution is 2.34. The van der Waals surface area contributed by atoms with Crippen LogP contribution in [0.2, 0.25) is 0 Å². The van der Waals surface area contributed by atoms with Gasteiger partial charge in [0, 0.05) is 6.61 Å². The normalized spacial score (nSPS) is 16.8. The molecule has 5 nitrogen and oxygen atoms in total. The first-order valence-electron chi connectivity index (χ1n) is 7.27. The van der Waals surface area contributed by atoms with Gasteiger partial charge in [0.05, 0.1) is 12.1 Å². The Labute approximate surface area is 120 Å². The minimum absolute atomic E-state index is 0.0503. The first-order valence-corrected chi connectivity index (χ1v) is 7.27. The maximum Gasteiger partial charge on any atom is 0.161 e. The average Bonchev–Trinajstić information content (AvgIpc) is 2.48. The van der Waals surface area contributed by atoms with E-state index < -0.39 is 0 Å². The SMILES string of the molecule is CCCC(OCC)C(NN)c1ccc2c(c1)OCCO2. The third kappa shape index (κ3) is 3.42. The molecule has 1 aromatic rings. The topological polar surface area (TPSA) is 65.7 Å². The van der Waals surface area contributed by atoms with Gasteiger partial charge in [-0.1, -0.05) is 19.4 Å². The molecule has 0 bridgehead atoms. The molecule has 5 heteroatoms. The molecule has 0 radical (unpaired) electrons. The largest absolute Gasteiger partial charge is 0.486 e. The molecule has 0 fully saturated rings. The smallest absolute Gasteiger partial charge is 0.161 e. The summed E-state index contributed by atoms with van der Waals surface area (Å²) in [7, 11) is 0. The van der Waals surface area contributed by atoms with E-state index >= 15 is 0 Å². The number of fused-ring (bicyclic) bond motifs is 1. The summed E-state index contributed by atoms with van der Waals surface area (Å²) in [5, 5.41) is 0. The van der Waals surface area contributed by atoms with Crippen LogP contribution in [-0.2, 0) is 4.74 Å². The zero-order valence-electron chi connectivity index (χ0n) is 12.2. The highest BCUT2D eigenvalue weighted by atomic mass is 16.6. The number of nitrogens with one attached hydrogen (secondary N) is 1. The first kappa shape index (κ1) is 15.1. The molecule has 0 aromatic heterocycles. The maximum atomic E-state index is 5.82. The molecule has 1 aromatic carbocycles. The fourth-order valence-electron chi connectivity index (χ4n) is 2.52. The molecule has 2 atom stereocenters. The molecule has 1 aliphatic heterocycles. The third-order valence-corrected chi connectivity index (χ3v) is 3.43. The Morgan fingerprint density at radius 1 is 1.25 bits per heavy atom. The molecular formula is C15H24N2O3. The van der Waals surface area contributed by atoms with Gasteiger partial charge in [0.2, 0.25) is 0 Å². The van der Waals surface area contributed by atoms with Crippen molar-refractivity contribution in [2.24, 2.45) is 5.84 Å². The Hall–Kier alpha value is -1.30. The molecular weight excluding hydrogens is 256 g/mol. The van der Waals surface area contributed by atoms with Crippen LogP contribution in [0.3, 0.4) is 0 Å². The Morgan fingerprint density at radius 3 is 2.65 bits per heavy atom. The van der Waals surface area contributed by atoms with Crippen LogP contribution >= 0.6 is 0 Å². The van der Waals surface area contributed by atoms with Crippen LogP contribution in [0.1, 0.15) is 38.3 Å². The molecule has 112 valence electrons. The van der Waals surface area contributed by atoms with Crippen molar-refractivity contribution in [3.63, 3.8) is 0 Å². The lowest BCUT2D eigenvalue weighted by atomic mass is 9.98. The van der Waals surface area contributed by atoms with Crippen LogP contribution in [0.5, 0.6) is 11.5 Å². The zero-order chi connectivity index (χ0) is 14.4. The molecule has 0 amide bonds. The van der Waals surface area contributed by atoms with Crippen LogP contribution in [0.25, 0.3) is 0 Å². The fourth-order valence-corrected chi connectivity index (χ4v) is 2.52. The molecule has 1 heterocycles. The summed E-state index contributed by atoms with van der Waals surface area (Å²) in [5.74, 6) is 7.31. The predicted molar refractivity (Wildman–Crippen MR) is 77.8 cm³/mol. The van der Waals surface area contributed by atoms with E-state index in [2.05, 4.69) is 12.3 Å². The second-order valence-electron chi connectivity index (χ2n) is 4.83.